The van der Waals surface area contributed by atoms with E-state index in [0.717, 1.165) is 32.5 Å². The lowest BCUT2D eigenvalue weighted by Crippen LogP contribution is -2.53. The first kappa shape index (κ1) is 14.8. The van der Waals surface area contributed by atoms with E-state index in [-0.39, 0.29) is 5.41 Å². The van der Waals surface area contributed by atoms with E-state index in [1.54, 1.807) is 7.11 Å². The summed E-state index contributed by atoms with van der Waals surface area (Å²) < 4.78 is 5.39. The maximum Gasteiger partial charge on any atom is 0.231 e. The molecule has 1 N–H and O–H groups in total. The number of piperidine rings is 1. The molecule has 0 atom stereocenters. The van der Waals surface area contributed by atoms with Crippen LogP contribution >= 0.6 is 0 Å². The molecule has 0 bridgehead atoms. The highest BCUT2D eigenvalue weighted by Crippen LogP contribution is 2.36. The molecule has 2 fully saturated rings. The summed E-state index contributed by atoms with van der Waals surface area (Å²) >= 11 is 0. The fourth-order valence-corrected chi connectivity index (χ4v) is 3.08. The molecule has 19 heavy (non-hydrogen) atoms. The van der Waals surface area contributed by atoms with Gasteiger partial charge in [-0.1, -0.05) is 13.8 Å². The van der Waals surface area contributed by atoms with Crippen molar-refractivity contribution in [3.63, 3.8) is 0 Å². The van der Waals surface area contributed by atoms with Gasteiger partial charge in [-0.15, -0.1) is 0 Å². The molecule has 1 saturated carbocycles. The zero-order valence-corrected chi connectivity index (χ0v) is 12.6. The van der Waals surface area contributed by atoms with Crippen molar-refractivity contribution in [2.24, 2.45) is 11.3 Å². The highest BCUT2D eigenvalue weighted by atomic mass is 16.5. The molecule has 4 nitrogen and oxygen atoms in total. The van der Waals surface area contributed by atoms with Gasteiger partial charge in [0.1, 0.15) is 0 Å². The first-order valence-corrected chi connectivity index (χ1v) is 7.60. The first-order chi connectivity index (χ1) is 9.09. The average Bonchev–Trinajstić information content (AvgIpc) is 3.20. The number of hydrogen-bond acceptors (Lipinski definition) is 3. The normalized spacial score (nSPS) is 22.5. The van der Waals surface area contributed by atoms with Crippen LogP contribution in [0.15, 0.2) is 0 Å². The fourth-order valence-electron chi connectivity index (χ4n) is 3.08. The van der Waals surface area contributed by atoms with Crippen LogP contribution in [0.5, 0.6) is 0 Å². The molecule has 0 unspecified atom stereocenters. The fraction of sp³-hybridized carbons (Fsp3) is 0.933. The van der Waals surface area contributed by atoms with Gasteiger partial charge in [0, 0.05) is 19.7 Å². The number of rotatable bonds is 6. The van der Waals surface area contributed by atoms with Crippen molar-refractivity contribution >= 4 is 5.91 Å². The van der Waals surface area contributed by atoms with Gasteiger partial charge in [0.25, 0.3) is 0 Å². The lowest BCUT2D eigenvalue weighted by molar-refractivity contribution is -0.148. The number of carbonyl (C=O) groups is 1. The monoisotopic (exact) mass is 268 g/mol. The highest BCUT2D eigenvalue weighted by Gasteiger charge is 2.45. The Morgan fingerprint density at radius 1 is 1.37 bits per heavy atom. The summed E-state index contributed by atoms with van der Waals surface area (Å²) in [5.41, 5.74) is -0.280. The predicted molar refractivity (Wildman–Crippen MR) is 76.0 cm³/mol. The topological polar surface area (TPSA) is 41.6 Å². The van der Waals surface area contributed by atoms with Crippen LogP contribution in [-0.2, 0) is 9.53 Å². The van der Waals surface area contributed by atoms with E-state index >= 15 is 0 Å². The number of hydrogen-bond donors (Lipinski definition) is 1. The van der Waals surface area contributed by atoms with E-state index in [1.165, 1.54) is 12.8 Å². The molecule has 0 radical (unpaired) electrons. The molecule has 0 spiro atoms. The predicted octanol–water partition coefficient (Wildman–Crippen LogP) is 1.65. The van der Waals surface area contributed by atoms with Gasteiger partial charge in [-0.05, 0) is 44.7 Å². The van der Waals surface area contributed by atoms with Crippen LogP contribution in [0.25, 0.3) is 0 Å². The average molecular weight is 268 g/mol. The van der Waals surface area contributed by atoms with Crippen LogP contribution in [0.4, 0.5) is 0 Å². The Labute approximate surface area is 116 Å². The molecule has 1 amide bonds. The Balaban J connectivity index is 2.11. The van der Waals surface area contributed by atoms with Crippen LogP contribution in [0, 0.1) is 11.3 Å². The van der Waals surface area contributed by atoms with Crippen molar-refractivity contribution < 1.29 is 9.53 Å². The Morgan fingerprint density at radius 3 is 2.47 bits per heavy atom. The largest absolute Gasteiger partial charge is 0.384 e. The van der Waals surface area contributed by atoms with E-state index in [4.69, 9.17) is 4.74 Å². The summed E-state index contributed by atoms with van der Waals surface area (Å²) in [5, 5.41) is 3.35. The standard InChI is InChI=1S/C15H28N2O2/c1-12(2)10-17(13-4-5-13)14(18)15(11-19-3)6-8-16-9-7-15/h12-13,16H,4-11H2,1-3H3. The Bertz CT molecular complexity index is 302. The summed E-state index contributed by atoms with van der Waals surface area (Å²) in [4.78, 5) is 15.2. The molecule has 0 aromatic carbocycles. The van der Waals surface area contributed by atoms with Gasteiger partial charge in [0.15, 0.2) is 0 Å². The number of amides is 1. The molecular weight excluding hydrogens is 240 g/mol. The van der Waals surface area contributed by atoms with Crippen LogP contribution in [0.3, 0.4) is 0 Å². The van der Waals surface area contributed by atoms with E-state index in [1.807, 2.05) is 0 Å². The molecule has 2 rings (SSSR count). The molecule has 1 aliphatic carbocycles. The van der Waals surface area contributed by atoms with Gasteiger partial charge in [0.05, 0.1) is 12.0 Å². The van der Waals surface area contributed by atoms with Crippen LogP contribution in [0.1, 0.15) is 39.5 Å². The van der Waals surface area contributed by atoms with Crippen molar-refractivity contribution in [2.45, 2.75) is 45.6 Å². The van der Waals surface area contributed by atoms with Gasteiger partial charge < -0.3 is 15.0 Å². The second-order valence-electron chi connectivity index (χ2n) is 6.55. The zero-order chi connectivity index (χ0) is 13.9. The minimum absolute atomic E-state index is 0.280. The molecule has 110 valence electrons. The summed E-state index contributed by atoms with van der Waals surface area (Å²) in [6.45, 7) is 7.68. The van der Waals surface area contributed by atoms with Crippen molar-refractivity contribution in [2.75, 3.05) is 33.4 Å². The number of methoxy groups -OCH3 is 1. The van der Waals surface area contributed by atoms with Crippen LogP contribution in [-0.4, -0.2) is 50.2 Å². The highest BCUT2D eigenvalue weighted by molar-refractivity contribution is 5.83. The molecule has 0 aromatic rings. The third kappa shape index (κ3) is 3.48. The molecule has 1 saturated heterocycles. The molecular formula is C15H28N2O2. The van der Waals surface area contributed by atoms with E-state index in [9.17, 15) is 4.79 Å². The van der Waals surface area contributed by atoms with Crippen LogP contribution in [0.2, 0.25) is 0 Å². The number of carbonyl (C=O) groups excluding carboxylic acids is 1. The number of ether oxygens (including phenoxy) is 1. The maximum absolute atomic E-state index is 13.0. The van der Waals surface area contributed by atoms with E-state index in [0.29, 0.717) is 24.5 Å². The quantitative estimate of drug-likeness (QED) is 0.796. The molecule has 1 heterocycles. The van der Waals surface area contributed by atoms with E-state index in [2.05, 4.69) is 24.1 Å². The summed E-state index contributed by atoms with van der Waals surface area (Å²) in [5.74, 6) is 0.873. The molecule has 2 aliphatic rings. The second-order valence-corrected chi connectivity index (χ2v) is 6.55. The minimum atomic E-state index is -0.280. The third-order valence-electron chi connectivity index (χ3n) is 4.25. The first-order valence-electron chi connectivity index (χ1n) is 7.60. The minimum Gasteiger partial charge on any atom is -0.384 e. The van der Waals surface area contributed by atoms with Gasteiger partial charge in [-0.2, -0.15) is 0 Å². The van der Waals surface area contributed by atoms with Crippen molar-refractivity contribution in [1.29, 1.82) is 0 Å². The lowest BCUT2D eigenvalue weighted by atomic mass is 9.78. The van der Waals surface area contributed by atoms with Crippen molar-refractivity contribution in [1.82, 2.24) is 10.2 Å². The Kier molecular flexibility index (Phi) is 4.85. The third-order valence-corrected chi connectivity index (χ3v) is 4.25. The van der Waals surface area contributed by atoms with E-state index < -0.39 is 0 Å². The SMILES string of the molecule is COCC1(C(=O)N(CC(C)C)C2CC2)CCNCC1. The van der Waals surface area contributed by atoms with Gasteiger partial charge in [-0.25, -0.2) is 0 Å². The molecule has 0 aromatic heterocycles. The lowest BCUT2D eigenvalue weighted by Gasteiger charge is -2.40. The molecule has 4 heteroatoms. The van der Waals surface area contributed by atoms with Gasteiger partial charge in [-0.3, -0.25) is 4.79 Å². The van der Waals surface area contributed by atoms with Gasteiger partial charge >= 0.3 is 0 Å². The smallest absolute Gasteiger partial charge is 0.231 e. The second kappa shape index (κ2) is 6.23. The Morgan fingerprint density at radius 2 is 2.00 bits per heavy atom. The van der Waals surface area contributed by atoms with Gasteiger partial charge in [0.2, 0.25) is 5.91 Å². The molecule has 1 aliphatic heterocycles. The van der Waals surface area contributed by atoms with Crippen LogP contribution < -0.4 is 5.32 Å². The number of nitrogens with zero attached hydrogens (tertiary/aromatic N) is 1. The van der Waals surface area contributed by atoms with Crippen molar-refractivity contribution in [3.8, 4) is 0 Å². The summed E-state index contributed by atoms with van der Waals surface area (Å²) in [7, 11) is 1.71. The van der Waals surface area contributed by atoms with Crippen molar-refractivity contribution in [3.05, 3.63) is 0 Å². The maximum atomic E-state index is 13.0. The summed E-state index contributed by atoms with van der Waals surface area (Å²) in [6.07, 6.45) is 4.17. The number of nitrogens with one attached hydrogen (secondary N) is 1. The zero-order valence-electron chi connectivity index (χ0n) is 12.6. The Hall–Kier alpha value is -0.610. The summed E-state index contributed by atoms with van der Waals surface area (Å²) in [6, 6.07) is 0.499.